The maximum atomic E-state index is 13.7. The number of rotatable bonds is 6. The smallest absolute Gasteiger partial charge is 0.131 e. The van der Waals surface area contributed by atoms with E-state index in [1.807, 2.05) is 18.2 Å². The summed E-state index contributed by atoms with van der Waals surface area (Å²) in [5.41, 5.74) is 1.01. The van der Waals surface area contributed by atoms with Gasteiger partial charge in [0.1, 0.15) is 11.6 Å². The summed E-state index contributed by atoms with van der Waals surface area (Å²) in [6, 6.07) is 14.5. The van der Waals surface area contributed by atoms with E-state index < -0.39 is 17.7 Å². The van der Waals surface area contributed by atoms with Gasteiger partial charge in [-0.15, -0.1) is 0 Å². The molecule has 1 aliphatic heterocycles. The van der Waals surface area contributed by atoms with E-state index in [9.17, 15) is 13.9 Å². The molecule has 0 saturated carbocycles. The summed E-state index contributed by atoms with van der Waals surface area (Å²) >= 11 is 0. The zero-order chi connectivity index (χ0) is 17.8. The average molecular weight is 346 g/mol. The number of hydrogen-bond acceptors (Lipinski definition) is 3. The molecule has 0 aliphatic carbocycles. The standard InChI is InChI=1S/C20H24F2N2O/c1-14(15-6-3-2-4-7-15)24-11-10-16(13-24)23-12-19(25)20-17(21)8-5-9-18(20)22/h2-9,14,16,19,23,25H,10-13H2,1H3. The number of nitrogens with one attached hydrogen (secondary N) is 1. The molecule has 3 unspecified atom stereocenters. The van der Waals surface area contributed by atoms with Crippen LogP contribution in [0.2, 0.25) is 0 Å². The van der Waals surface area contributed by atoms with Crippen LogP contribution in [0, 0.1) is 11.6 Å². The molecule has 1 saturated heterocycles. The highest BCUT2D eigenvalue weighted by atomic mass is 19.1. The van der Waals surface area contributed by atoms with Crippen molar-refractivity contribution in [1.82, 2.24) is 10.2 Å². The molecular formula is C20H24F2N2O. The van der Waals surface area contributed by atoms with Gasteiger partial charge >= 0.3 is 0 Å². The van der Waals surface area contributed by atoms with E-state index in [0.717, 1.165) is 19.5 Å². The molecule has 0 radical (unpaired) electrons. The Morgan fingerprint density at radius 1 is 1.12 bits per heavy atom. The van der Waals surface area contributed by atoms with Crippen molar-refractivity contribution in [1.29, 1.82) is 0 Å². The minimum atomic E-state index is -1.19. The molecule has 5 heteroatoms. The molecule has 2 aromatic rings. The molecule has 134 valence electrons. The number of halogens is 2. The fourth-order valence-electron chi connectivity index (χ4n) is 3.46. The van der Waals surface area contributed by atoms with Gasteiger partial charge in [0.25, 0.3) is 0 Å². The normalized spacial score (nSPS) is 20.6. The topological polar surface area (TPSA) is 35.5 Å². The van der Waals surface area contributed by atoms with Crippen molar-refractivity contribution in [2.45, 2.75) is 31.5 Å². The van der Waals surface area contributed by atoms with Crippen LogP contribution in [0.3, 0.4) is 0 Å². The summed E-state index contributed by atoms with van der Waals surface area (Å²) in [6.45, 7) is 4.12. The Balaban J connectivity index is 1.53. The summed E-state index contributed by atoms with van der Waals surface area (Å²) in [5.74, 6) is -1.42. The molecule has 0 bridgehead atoms. The summed E-state index contributed by atoms with van der Waals surface area (Å²) in [6.07, 6.45) is -0.245. The zero-order valence-corrected chi connectivity index (χ0v) is 14.3. The maximum absolute atomic E-state index is 13.7. The molecule has 3 atom stereocenters. The maximum Gasteiger partial charge on any atom is 0.131 e. The van der Waals surface area contributed by atoms with Gasteiger partial charge in [0.05, 0.1) is 11.7 Å². The van der Waals surface area contributed by atoms with Crippen molar-refractivity contribution in [3.05, 3.63) is 71.3 Å². The number of likely N-dealkylation sites (tertiary alicyclic amines) is 1. The quantitative estimate of drug-likeness (QED) is 0.841. The first-order valence-electron chi connectivity index (χ1n) is 8.70. The molecule has 1 heterocycles. The Morgan fingerprint density at radius 3 is 2.48 bits per heavy atom. The second-order valence-electron chi connectivity index (χ2n) is 6.63. The molecule has 0 spiro atoms. The molecule has 2 aromatic carbocycles. The van der Waals surface area contributed by atoms with E-state index in [-0.39, 0.29) is 18.2 Å². The zero-order valence-electron chi connectivity index (χ0n) is 14.3. The van der Waals surface area contributed by atoms with E-state index in [0.29, 0.717) is 6.04 Å². The van der Waals surface area contributed by atoms with E-state index >= 15 is 0 Å². The Morgan fingerprint density at radius 2 is 1.80 bits per heavy atom. The third-order valence-electron chi connectivity index (χ3n) is 4.98. The van der Waals surface area contributed by atoms with Crippen LogP contribution in [0.25, 0.3) is 0 Å². The fraction of sp³-hybridized carbons (Fsp3) is 0.400. The summed E-state index contributed by atoms with van der Waals surface area (Å²) in [5, 5.41) is 13.4. The highest BCUT2D eigenvalue weighted by Gasteiger charge is 2.27. The molecule has 25 heavy (non-hydrogen) atoms. The van der Waals surface area contributed by atoms with Gasteiger partial charge in [-0.2, -0.15) is 0 Å². The number of benzene rings is 2. The SMILES string of the molecule is CC(c1ccccc1)N1CCC(NCC(O)c2c(F)cccc2F)C1. The highest BCUT2D eigenvalue weighted by Crippen LogP contribution is 2.25. The largest absolute Gasteiger partial charge is 0.387 e. The van der Waals surface area contributed by atoms with Crippen LogP contribution >= 0.6 is 0 Å². The third kappa shape index (κ3) is 4.24. The van der Waals surface area contributed by atoms with Crippen LogP contribution in [-0.2, 0) is 0 Å². The summed E-state index contributed by atoms with van der Waals surface area (Å²) < 4.78 is 27.4. The number of aliphatic hydroxyl groups is 1. The second kappa shape index (κ2) is 8.04. The third-order valence-corrected chi connectivity index (χ3v) is 4.98. The molecule has 1 aliphatic rings. The van der Waals surface area contributed by atoms with Crippen LogP contribution in [0.5, 0.6) is 0 Å². The molecule has 3 rings (SSSR count). The van der Waals surface area contributed by atoms with Crippen molar-refractivity contribution in [2.75, 3.05) is 19.6 Å². The van der Waals surface area contributed by atoms with Gasteiger partial charge < -0.3 is 10.4 Å². The summed E-state index contributed by atoms with van der Waals surface area (Å²) in [7, 11) is 0. The van der Waals surface area contributed by atoms with E-state index in [1.165, 1.54) is 23.8 Å². The predicted octanol–water partition coefficient (Wildman–Crippen LogP) is 3.42. The van der Waals surface area contributed by atoms with Crippen molar-refractivity contribution in [3.8, 4) is 0 Å². The first kappa shape index (κ1) is 18.0. The van der Waals surface area contributed by atoms with Crippen LogP contribution in [0.4, 0.5) is 8.78 Å². The summed E-state index contributed by atoms with van der Waals surface area (Å²) in [4.78, 5) is 2.38. The molecular weight excluding hydrogens is 322 g/mol. The van der Waals surface area contributed by atoms with Gasteiger partial charge in [-0.25, -0.2) is 8.78 Å². The lowest BCUT2D eigenvalue weighted by Crippen LogP contribution is -2.36. The Bertz CT molecular complexity index is 675. The second-order valence-corrected chi connectivity index (χ2v) is 6.63. The van der Waals surface area contributed by atoms with Crippen molar-refractivity contribution in [3.63, 3.8) is 0 Å². The van der Waals surface area contributed by atoms with Gasteiger partial charge in [0.2, 0.25) is 0 Å². The first-order chi connectivity index (χ1) is 12.1. The number of nitrogens with zero attached hydrogens (tertiary/aromatic N) is 1. The van der Waals surface area contributed by atoms with Crippen molar-refractivity contribution < 1.29 is 13.9 Å². The van der Waals surface area contributed by atoms with Crippen molar-refractivity contribution in [2.24, 2.45) is 0 Å². The monoisotopic (exact) mass is 346 g/mol. The molecule has 0 aromatic heterocycles. The lowest BCUT2D eigenvalue weighted by Gasteiger charge is -2.25. The minimum absolute atomic E-state index is 0.135. The average Bonchev–Trinajstić information content (AvgIpc) is 3.09. The lowest BCUT2D eigenvalue weighted by molar-refractivity contribution is 0.159. The van der Waals surface area contributed by atoms with E-state index in [1.54, 1.807) is 0 Å². The lowest BCUT2D eigenvalue weighted by atomic mass is 10.1. The molecule has 0 amide bonds. The van der Waals surface area contributed by atoms with Crippen molar-refractivity contribution >= 4 is 0 Å². The first-order valence-corrected chi connectivity index (χ1v) is 8.70. The van der Waals surface area contributed by atoms with Crippen LogP contribution in [0.1, 0.15) is 36.6 Å². The fourth-order valence-corrected chi connectivity index (χ4v) is 3.46. The van der Waals surface area contributed by atoms with Gasteiger partial charge in [-0.3, -0.25) is 4.90 Å². The van der Waals surface area contributed by atoms with Crippen LogP contribution < -0.4 is 5.32 Å². The Labute approximate surface area is 147 Å². The number of hydrogen-bond donors (Lipinski definition) is 2. The van der Waals surface area contributed by atoms with Crippen LogP contribution in [-0.4, -0.2) is 35.7 Å². The highest BCUT2D eigenvalue weighted by molar-refractivity contribution is 5.22. The Hall–Kier alpha value is -1.82. The van der Waals surface area contributed by atoms with E-state index in [2.05, 4.69) is 29.3 Å². The van der Waals surface area contributed by atoms with Gasteiger partial charge in [0, 0.05) is 31.7 Å². The molecule has 1 fully saturated rings. The van der Waals surface area contributed by atoms with Gasteiger partial charge in [-0.05, 0) is 31.0 Å². The Kier molecular flexibility index (Phi) is 5.78. The minimum Gasteiger partial charge on any atom is -0.387 e. The number of aliphatic hydroxyl groups excluding tert-OH is 1. The van der Waals surface area contributed by atoms with Crippen LogP contribution in [0.15, 0.2) is 48.5 Å². The van der Waals surface area contributed by atoms with Gasteiger partial charge in [-0.1, -0.05) is 36.4 Å². The molecule has 3 nitrogen and oxygen atoms in total. The predicted molar refractivity (Wildman–Crippen MR) is 94.2 cm³/mol. The van der Waals surface area contributed by atoms with Gasteiger partial charge in [0.15, 0.2) is 0 Å². The molecule has 2 N–H and O–H groups in total. The van der Waals surface area contributed by atoms with E-state index in [4.69, 9.17) is 0 Å².